The van der Waals surface area contributed by atoms with E-state index in [4.69, 9.17) is 4.74 Å². The molecule has 1 fully saturated rings. The summed E-state index contributed by atoms with van der Waals surface area (Å²) in [6.45, 7) is 3.68. The summed E-state index contributed by atoms with van der Waals surface area (Å²) < 4.78 is 5.38. The lowest BCUT2D eigenvalue weighted by Crippen LogP contribution is -2.52. The second kappa shape index (κ2) is 15.8. The number of nitrogens with one attached hydrogen (secondary N) is 1. The van der Waals surface area contributed by atoms with E-state index in [9.17, 15) is 15.0 Å². The molecule has 1 amide bonds. The lowest BCUT2D eigenvalue weighted by Gasteiger charge is -2.42. The van der Waals surface area contributed by atoms with E-state index in [0.29, 0.717) is 25.3 Å². The van der Waals surface area contributed by atoms with Gasteiger partial charge in [-0.1, -0.05) is 107 Å². The Morgan fingerprint density at radius 1 is 0.889 bits per heavy atom. The maximum Gasteiger partial charge on any atom is 0.251 e. The quantitative estimate of drug-likeness (QED) is 0.282. The van der Waals surface area contributed by atoms with Crippen molar-refractivity contribution in [2.24, 2.45) is 0 Å². The third kappa shape index (κ3) is 9.00. The maximum atomic E-state index is 12.5. The summed E-state index contributed by atoms with van der Waals surface area (Å²) in [5.74, 6) is -0.0542. The van der Waals surface area contributed by atoms with E-state index >= 15 is 0 Å². The van der Waals surface area contributed by atoms with Crippen molar-refractivity contribution in [3.05, 3.63) is 71.3 Å². The van der Waals surface area contributed by atoms with Gasteiger partial charge in [-0.2, -0.15) is 0 Å². The highest BCUT2D eigenvalue weighted by Gasteiger charge is 2.36. The third-order valence-electron chi connectivity index (χ3n) is 7.00. The maximum absolute atomic E-state index is 12.5. The summed E-state index contributed by atoms with van der Waals surface area (Å²) in [7, 11) is 0. The van der Waals surface area contributed by atoms with Crippen LogP contribution in [-0.4, -0.2) is 46.7 Å². The highest BCUT2D eigenvalue weighted by molar-refractivity contribution is 5.94. The van der Waals surface area contributed by atoms with Crippen molar-refractivity contribution in [1.82, 2.24) is 10.2 Å². The van der Waals surface area contributed by atoms with Crippen LogP contribution in [0.1, 0.15) is 98.7 Å². The summed E-state index contributed by atoms with van der Waals surface area (Å²) in [6, 6.07) is 17.1. The minimum absolute atomic E-state index is 0.0542. The number of carbonyl (C=O) groups excluding carboxylic acids is 1. The average Bonchev–Trinajstić information content (AvgIpc) is 2.91. The highest BCUT2D eigenvalue weighted by atomic mass is 16.6. The average molecular weight is 497 g/mol. The first-order chi connectivity index (χ1) is 17.6. The highest BCUT2D eigenvalue weighted by Crippen LogP contribution is 2.30. The van der Waals surface area contributed by atoms with Crippen LogP contribution in [0.15, 0.2) is 54.6 Å². The van der Waals surface area contributed by atoms with Crippen LogP contribution in [0, 0.1) is 0 Å². The normalized spacial score (nSPS) is 20.4. The standard InChI is InChI=1S/C30H44N2O4/c1-2-3-4-5-6-7-8-9-10-14-21-31-28(33)26-19-17-24(18-20-26)22-32-27(23-36-30(35)29(32)34)25-15-12-11-13-16-25/h11-13,15-20,27,29-30,34-35H,2-10,14,21-23H2,1H3,(H,31,33). The smallest absolute Gasteiger partial charge is 0.251 e. The molecular formula is C30H44N2O4. The van der Waals surface area contributed by atoms with Crippen LogP contribution < -0.4 is 5.32 Å². The fraction of sp³-hybridized carbons (Fsp3) is 0.567. The predicted octanol–water partition coefficient (Wildman–Crippen LogP) is 5.55. The molecule has 2 aromatic carbocycles. The molecule has 1 aliphatic rings. The Kier molecular flexibility index (Phi) is 12.4. The third-order valence-corrected chi connectivity index (χ3v) is 7.00. The number of morpholine rings is 1. The second-order valence-corrected chi connectivity index (χ2v) is 9.87. The fourth-order valence-electron chi connectivity index (χ4n) is 4.78. The van der Waals surface area contributed by atoms with Crippen LogP contribution >= 0.6 is 0 Å². The number of unbranched alkanes of at least 4 members (excludes halogenated alkanes) is 9. The van der Waals surface area contributed by atoms with Gasteiger partial charge in [-0.25, -0.2) is 0 Å². The van der Waals surface area contributed by atoms with Crippen molar-refractivity contribution < 1.29 is 19.7 Å². The van der Waals surface area contributed by atoms with Crippen molar-refractivity contribution in [3.63, 3.8) is 0 Å². The lowest BCUT2D eigenvalue weighted by molar-refractivity contribution is -0.261. The molecule has 2 aromatic rings. The first-order valence-corrected chi connectivity index (χ1v) is 13.8. The minimum Gasteiger partial charge on any atom is -0.373 e. The molecule has 3 atom stereocenters. The van der Waals surface area contributed by atoms with Crippen LogP contribution in [0.3, 0.4) is 0 Å². The number of nitrogens with zero attached hydrogens (tertiary/aromatic N) is 1. The van der Waals surface area contributed by atoms with Gasteiger partial charge in [0.1, 0.15) is 0 Å². The van der Waals surface area contributed by atoms with Crippen LogP contribution in [-0.2, 0) is 11.3 Å². The van der Waals surface area contributed by atoms with Crippen molar-refractivity contribution in [3.8, 4) is 0 Å². The SMILES string of the molecule is CCCCCCCCCCCCNC(=O)c1ccc(CN2C(c3ccccc3)COC(O)C2O)cc1. The molecule has 0 radical (unpaired) electrons. The number of benzene rings is 2. The van der Waals surface area contributed by atoms with Gasteiger partial charge in [-0.3, -0.25) is 9.69 Å². The van der Waals surface area contributed by atoms with Crippen molar-refractivity contribution in [1.29, 1.82) is 0 Å². The number of rotatable bonds is 15. The number of ether oxygens (including phenoxy) is 1. The van der Waals surface area contributed by atoms with Crippen molar-refractivity contribution in [2.45, 2.75) is 96.2 Å². The van der Waals surface area contributed by atoms with Gasteiger partial charge in [-0.15, -0.1) is 0 Å². The Labute approximate surface area is 216 Å². The number of aliphatic hydroxyl groups excluding tert-OH is 2. The number of carbonyl (C=O) groups is 1. The molecule has 3 unspecified atom stereocenters. The van der Waals surface area contributed by atoms with E-state index in [1.807, 2.05) is 59.5 Å². The topological polar surface area (TPSA) is 82.0 Å². The number of amides is 1. The molecule has 6 heteroatoms. The molecule has 1 saturated heterocycles. The van der Waals surface area contributed by atoms with Crippen LogP contribution in [0.4, 0.5) is 0 Å². The first-order valence-electron chi connectivity index (χ1n) is 13.8. The molecule has 3 rings (SSSR count). The summed E-state index contributed by atoms with van der Waals surface area (Å²) in [4.78, 5) is 14.4. The monoisotopic (exact) mass is 496 g/mol. The van der Waals surface area contributed by atoms with Crippen molar-refractivity contribution in [2.75, 3.05) is 13.2 Å². The van der Waals surface area contributed by atoms with E-state index < -0.39 is 12.5 Å². The number of hydrogen-bond acceptors (Lipinski definition) is 5. The number of hydrogen-bond donors (Lipinski definition) is 3. The zero-order chi connectivity index (χ0) is 25.6. The molecule has 3 N–H and O–H groups in total. The predicted molar refractivity (Wildman–Crippen MR) is 143 cm³/mol. The second-order valence-electron chi connectivity index (χ2n) is 9.87. The minimum atomic E-state index is -1.25. The van der Waals surface area contributed by atoms with Gasteiger partial charge >= 0.3 is 0 Å². The van der Waals surface area contributed by atoms with E-state index in [1.165, 1.54) is 51.4 Å². The van der Waals surface area contributed by atoms with Gasteiger partial charge in [0.05, 0.1) is 12.6 Å². The lowest BCUT2D eigenvalue weighted by atomic mass is 10.0. The summed E-state index contributed by atoms with van der Waals surface area (Å²) in [5, 5.41) is 23.7. The Hall–Kier alpha value is -2.25. The molecule has 0 saturated carbocycles. The van der Waals surface area contributed by atoms with Gasteiger partial charge in [0.25, 0.3) is 5.91 Å². The molecule has 1 aliphatic heterocycles. The molecule has 1 heterocycles. The molecule has 198 valence electrons. The zero-order valence-corrected chi connectivity index (χ0v) is 21.8. The fourth-order valence-corrected chi connectivity index (χ4v) is 4.78. The molecule has 36 heavy (non-hydrogen) atoms. The van der Waals surface area contributed by atoms with Gasteiger partial charge in [0, 0.05) is 18.7 Å². The Bertz CT molecular complexity index is 874. The Morgan fingerprint density at radius 3 is 2.14 bits per heavy atom. The first kappa shape index (κ1) is 28.3. The summed E-state index contributed by atoms with van der Waals surface area (Å²) >= 11 is 0. The van der Waals surface area contributed by atoms with Crippen LogP contribution in [0.25, 0.3) is 0 Å². The molecule has 0 aliphatic carbocycles. The van der Waals surface area contributed by atoms with Crippen molar-refractivity contribution >= 4 is 5.91 Å². The van der Waals surface area contributed by atoms with E-state index in [2.05, 4.69) is 12.2 Å². The van der Waals surface area contributed by atoms with E-state index in [-0.39, 0.29) is 11.9 Å². The summed E-state index contributed by atoms with van der Waals surface area (Å²) in [6.07, 6.45) is 10.4. The molecule has 0 aromatic heterocycles. The number of aliphatic hydroxyl groups is 2. The molecule has 0 spiro atoms. The summed E-state index contributed by atoms with van der Waals surface area (Å²) in [5.41, 5.74) is 2.61. The van der Waals surface area contributed by atoms with Gasteiger partial charge in [0.15, 0.2) is 12.5 Å². The Balaban J connectivity index is 1.40. The van der Waals surface area contributed by atoms with Crippen LogP contribution in [0.2, 0.25) is 0 Å². The van der Waals surface area contributed by atoms with Gasteiger partial charge in [-0.05, 0) is 29.7 Å². The van der Waals surface area contributed by atoms with E-state index in [1.54, 1.807) is 0 Å². The zero-order valence-electron chi connectivity index (χ0n) is 21.8. The molecular weight excluding hydrogens is 452 g/mol. The molecule has 0 bridgehead atoms. The van der Waals surface area contributed by atoms with Gasteiger partial charge < -0.3 is 20.3 Å². The molecule has 6 nitrogen and oxygen atoms in total. The largest absolute Gasteiger partial charge is 0.373 e. The van der Waals surface area contributed by atoms with Crippen LogP contribution in [0.5, 0.6) is 0 Å². The van der Waals surface area contributed by atoms with Gasteiger partial charge in [0.2, 0.25) is 0 Å². The van der Waals surface area contributed by atoms with E-state index in [0.717, 1.165) is 24.0 Å². The Morgan fingerprint density at radius 2 is 1.50 bits per heavy atom.